The van der Waals surface area contributed by atoms with Gasteiger partial charge in [0.15, 0.2) is 5.82 Å². The Balaban J connectivity index is 1.27. The summed E-state index contributed by atoms with van der Waals surface area (Å²) in [6, 6.07) is 9.73. The summed E-state index contributed by atoms with van der Waals surface area (Å²) >= 11 is 1.56. The smallest absolute Gasteiger partial charge is 0.319 e. The molecule has 6 heterocycles. The molecule has 2 bridgehead atoms. The molecule has 218 valence electrons. The highest BCUT2D eigenvalue weighted by atomic mass is 32.2. The molecule has 0 spiro atoms. The van der Waals surface area contributed by atoms with Gasteiger partial charge in [0.25, 0.3) is 0 Å². The largest absolute Gasteiger partial charge is 0.508 e. The number of ether oxygens (including phenoxy) is 1. The molecule has 11 heteroatoms. The Morgan fingerprint density at radius 1 is 1.24 bits per heavy atom. The van der Waals surface area contributed by atoms with Crippen LogP contribution in [0.3, 0.4) is 0 Å². The van der Waals surface area contributed by atoms with E-state index in [2.05, 4.69) is 25.1 Å². The van der Waals surface area contributed by atoms with E-state index in [-0.39, 0.29) is 41.2 Å². The number of fused-ring (bicyclic) bond motifs is 5. The van der Waals surface area contributed by atoms with E-state index in [1.54, 1.807) is 30.1 Å². The fourth-order valence-corrected chi connectivity index (χ4v) is 8.34. The van der Waals surface area contributed by atoms with E-state index >= 15 is 4.39 Å². The van der Waals surface area contributed by atoms with E-state index in [9.17, 15) is 9.50 Å². The summed E-state index contributed by atoms with van der Waals surface area (Å²) in [5, 5.41) is 16.2. The van der Waals surface area contributed by atoms with Crippen LogP contribution in [0.4, 0.5) is 14.6 Å². The van der Waals surface area contributed by atoms with Crippen LogP contribution in [0, 0.1) is 5.82 Å². The maximum atomic E-state index is 16.7. The van der Waals surface area contributed by atoms with E-state index in [0.717, 1.165) is 54.6 Å². The molecule has 4 aliphatic rings. The van der Waals surface area contributed by atoms with Gasteiger partial charge in [-0.2, -0.15) is 9.97 Å². The van der Waals surface area contributed by atoms with Gasteiger partial charge in [0.2, 0.25) is 0 Å². The topological polar surface area (TPSA) is 86.6 Å². The summed E-state index contributed by atoms with van der Waals surface area (Å²) in [5.41, 5.74) is 0.374. The van der Waals surface area contributed by atoms with Crippen molar-refractivity contribution in [1.82, 2.24) is 25.2 Å². The highest BCUT2D eigenvalue weighted by molar-refractivity contribution is 7.98. The molecule has 4 aromatic rings. The molecule has 2 aromatic heterocycles. The van der Waals surface area contributed by atoms with Gasteiger partial charge in [0.05, 0.1) is 10.9 Å². The SMILES string of the molecule is CSc1cccc2cc(O)cc(-c3ncc4c(N5C[C@H]6C[C@@H]5CN6)nc(OC[C@@]56CCCN5C[C@H](F)C6)nc4c3F)c12. The number of phenolic OH excluding ortho intramolecular Hbond substituents is 1. The number of piperazine rings is 1. The van der Waals surface area contributed by atoms with Crippen molar-refractivity contribution in [2.45, 2.75) is 54.4 Å². The Morgan fingerprint density at radius 2 is 2.14 bits per heavy atom. The number of anilines is 1. The molecule has 0 unspecified atom stereocenters. The number of pyridine rings is 1. The molecule has 4 aliphatic heterocycles. The van der Waals surface area contributed by atoms with Gasteiger partial charge in [-0.05, 0) is 55.6 Å². The minimum Gasteiger partial charge on any atom is -0.508 e. The highest BCUT2D eigenvalue weighted by Crippen LogP contribution is 2.43. The molecule has 42 heavy (non-hydrogen) atoms. The zero-order chi connectivity index (χ0) is 28.6. The molecule has 4 atom stereocenters. The standard InChI is InChI=1S/C31H32F2N6O2S/c1-42-24-5-2-4-17-8-21(40)10-22(25(17)24)27-26(33)28-23(13-35-27)29(39-15-19-9-20(39)12-34-19)37-30(36-28)41-16-31-6-3-7-38(31)14-18(32)11-31/h2,4-5,8,10,13,18-20,34,40H,3,6-7,9,11-12,14-16H2,1H3/t18-,19-,20-,31+/m1/s1. The lowest BCUT2D eigenvalue weighted by atomic mass is 9.95. The minimum absolute atomic E-state index is 0.0353. The predicted molar refractivity (Wildman–Crippen MR) is 160 cm³/mol. The molecule has 0 saturated carbocycles. The summed E-state index contributed by atoms with van der Waals surface area (Å²) < 4.78 is 37.4. The number of aromatic hydroxyl groups is 1. The average Bonchev–Trinajstić information content (AvgIpc) is 3.77. The summed E-state index contributed by atoms with van der Waals surface area (Å²) in [6.45, 7) is 3.14. The summed E-state index contributed by atoms with van der Waals surface area (Å²) in [4.78, 5) is 19.4. The van der Waals surface area contributed by atoms with Crippen LogP contribution in [0.15, 0.2) is 41.4 Å². The molecule has 8 rings (SSSR count). The Kier molecular flexibility index (Phi) is 6.20. The van der Waals surface area contributed by atoms with Crippen molar-refractivity contribution in [2.75, 3.05) is 43.9 Å². The van der Waals surface area contributed by atoms with Gasteiger partial charge in [-0.15, -0.1) is 11.8 Å². The number of halogens is 2. The molecule has 0 aliphatic carbocycles. The first-order chi connectivity index (χ1) is 20.4. The van der Waals surface area contributed by atoms with Gasteiger partial charge in [-0.1, -0.05) is 12.1 Å². The molecule has 2 N–H and O–H groups in total. The first-order valence-electron chi connectivity index (χ1n) is 14.6. The Morgan fingerprint density at radius 3 is 2.95 bits per heavy atom. The zero-order valence-corrected chi connectivity index (χ0v) is 24.1. The van der Waals surface area contributed by atoms with Crippen LogP contribution >= 0.6 is 11.8 Å². The maximum absolute atomic E-state index is 16.7. The van der Waals surface area contributed by atoms with Crippen molar-refractivity contribution < 1.29 is 18.6 Å². The Bertz CT molecular complexity index is 1720. The van der Waals surface area contributed by atoms with Gasteiger partial charge < -0.3 is 20.1 Å². The number of rotatable bonds is 6. The van der Waals surface area contributed by atoms with Crippen LogP contribution in [0.5, 0.6) is 11.8 Å². The molecule has 2 aromatic carbocycles. The second-order valence-electron chi connectivity index (χ2n) is 12.1. The van der Waals surface area contributed by atoms with Crippen LogP contribution in [0.1, 0.15) is 25.7 Å². The number of alkyl halides is 1. The van der Waals surface area contributed by atoms with Crippen molar-refractivity contribution in [3.8, 4) is 23.0 Å². The molecule has 4 fully saturated rings. The second-order valence-corrected chi connectivity index (χ2v) is 12.9. The molecule has 8 nitrogen and oxygen atoms in total. The Hall–Kier alpha value is -3.28. The maximum Gasteiger partial charge on any atom is 0.319 e. The van der Waals surface area contributed by atoms with Crippen LogP contribution < -0.4 is 15.0 Å². The summed E-state index contributed by atoms with van der Waals surface area (Å²) in [5.74, 6) is 0.0628. The van der Waals surface area contributed by atoms with Crippen molar-refractivity contribution in [3.05, 3.63) is 42.3 Å². The summed E-state index contributed by atoms with van der Waals surface area (Å²) in [7, 11) is 0. The molecule has 0 amide bonds. The number of hydrogen-bond donors (Lipinski definition) is 2. The van der Waals surface area contributed by atoms with Gasteiger partial charge in [-0.25, -0.2) is 8.78 Å². The molecular weight excluding hydrogens is 558 g/mol. The predicted octanol–water partition coefficient (Wildman–Crippen LogP) is 4.92. The fraction of sp³-hybridized carbons (Fsp3) is 0.452. The number of thioether (sulfide) groups is 1. The molecular formula is C31H32F2N6O2S. The number of nitrogens with zero attached hydrogens (tertiary/aromatic N) is 5. The Labute approximate surface area is 246 Å². The van der Waals surface area contributed by atoms with Gasteiger partial charge in [0.1, 0.15) is 35.6 Å². The van der Waals surface area contributed by atoms with Crippen LogP contribution in [-0.4, -0.2) is 87.8 Å². The van der Waals surface area contributed by atoms with Gasteiger partial charge in [-0.3, -0.25) is 9.88 Å². The first kappa shape index (κ1) is 26.4. The number of hydrogen-bond acceptors (Lipinski definition) is 9. The third kappa shape index (κ3) is 4.11. The number of benzene rings is 2. The zero-order valence-electron chi connectivity index (χ0n) is 23.3. The number of nitrogens with one attached hydrogen (secondary N) is 1. The van der Waals surface area contributed by atoms with E-state index in [1.165, 1.54) is 0 Å². The quantitative estimate of drug-likeness (QED) is 0.304. The van der Waals surface area contributed by atoms with E-state index in [1.807, 2.05) is 24.5 Å². The second kappa shape index (κ2) is 9.89. The number of aromatic nitrogens is 3. The fourth-order valence-electron chi connectivity index (χ4n) is 7.70. The number of phenols is 1. The van der Waals surface area contributed by atoms with Crippen LogP contribution in [0.2, 0.25) is 0 Å². The van der Waals surface area contributed by atoms with Crippen molar-refractivity contribution >= 4 is 39.3 Å². The van der Waals surface area contributed by atoms with E-state index in [4.69, 9.17) is 9.72 Å². The first-order valence-corrected chi connectivity index (χ1v) is 15.8. The minimum atomic E-state index is -0.871. The van der Waals surface area contributed by atoms with Crippen LogP contribution in [-0.2, 0) is 0 Å². The molecule has 0 radical (unpaired) electrons. The summed E-state index contributed by atoms with van der Waals surface area (Å²) in [6.07, 6.45) is 6.04. The van der Waals surface area contributed by atoms with E-state index in [0.29, 0.717) is 35.8 Å². The third-order valence-corrected chi connectivity index (χ3v) is 10.4. The highest BCUT2D eigenvalue weighted by Gasteiger charge is 2.49. The lowest BCUT2D eigenvalue weighted by Crippen LogP contribution is -2.44. The van der Waals surface area contributed by atoms with Crippen molar-refractivity contribution in [3.63, 3.8) is 0 Å². The monoisotopic (exact) mass is 590 g/mol. The van der Waals surface area contributed by atoms with Crippen molar-refractivity contribution in [2.24, 2.45) is 0 Å². The van der Waals surface area contributed by atoms with Crippen LogP contribution in [0.25, 0.3) is 32.9 Å². The lowest BCUT2D eigenvalue weighted by Gasteiger charge is -2.32. The van der Waals surface area contributed by atoms with Crippen molar-refractivity contribution in [1.29, 1.82) is 0 Å². The lowest BCUT2D eigenvalue weighted by molar-refractivity contribution is 0.107. The van der Waals surface area contributed by atoms with Gasteiger partial charge in [0, 0.05) is 60.2 Å². The van der Waals surface area contributed by atoms with Gasteiger partial charge >= 0.3 is 6.01 Å². The normalized spacial score (nSPS) is 27.0. The van der Waals surface area contributed by atoms with E-state index < -0.39 is 12.0 Å². The average molecular weight is 591 g/mol. The third-order valence-electron chi connectivity index (χ3n) is 9.60. The molecule has 4 saturated heterocycles.